The lowest BCUT2D eigenvalue weighted by Crippen LogP contribution is -2.34. The van der Waals surface area contributed by atoms with Crippen LogP contribution in [0.5, 0.6) is 0 Å². The molecule has 5 nitrogen and oxygen atoms in total. The van der Waals surface area contributed by atoms with E-state index < -0.39 is 9.84 Å². The number of carbonyl (C=O) groups is 1. The Balaban J connectivity index is 1.60. The van der Waals surface area contributed by atoms with E-state index >= 15 is 0 Å². The average Bonchev–Trinajstić information content (AvgIpc) is 2.94. The van der Waals surface area contributed by atoms with Crippen molar-refractivity contribution in [1.82, 2.24) is 10.3 Å². The molecule has 1 atom stereocenters. The predicted octanol–water partition coefficient (Wildman–Crippen LogP) is 1.77. The fourth-order valence-electron chi connectivity index (χ4n) is 2.83. The summed E-state index contributed by atoms with van der Waals surface area (Å²) in [6.45, 7) is 0.0627. The number of halogens is 1. The first-order valence-corrected chi connectivity index (χ1v) is 9.91. The Morgan fingerprint density at radius 3 is 2.64 bits per heavy atom. The van der Waals surface area contributed by atoms with Crippen LogP contribution in [0.3, 0.4) is 0 Å². The van der Waals surface area contributed by atoms with Gasteiger partial charge in [0.2, 0.25) is 0 Å². The normalized spacial score (nSPS) is 19.0. The second-order valence-corrected chi connectivity index (χ2v) is 8.45. The molecule has 1 aliphatic heterocycles. The van der Waals surface area contributed by atoms with E-state index in [9.17, 15) is 17.6 Å². The van der Waals surface area contributed by atoms with Gasteiger partial charge >= 0.3 is 0 Å². The number of nitrogens with zero attached hydrogens (tertiary/aromatic N) is 1. The van der Waals surface area contributed by atoms with Crippen molar-refractivity contribution in [2.75, 3.05) is 18.1 Å². The SMILES string of the molecule is O=C(CNC1CCS(=O)(=O)C1)c1cccc(Cc2ccc(F)cc2)n1. The van der Waals surface area contributed by atoms with Gasteiger partial charge < -0.3 is 5.32 Å². The number of sulfone groups is 1. The van der Waals surface area contributed by atoms with Crippen LogP contribution in [0.4, 0.5) is 4.39 Å². The summed E-state index contributed by atoms with van der Waals surface area (Å²) >= 11 is 0. The summed E-state index contributed by atoms with van der Waals surface area (Å²) in [4.78, 5) is 16.7. The number of pyridine rings is 1. The van der Waals surface area contributed by atoms with Crippen molar-refractivity contribution in [2.24, 2.45) is 0 Å². The molecule has 25 heavy (non-hydrogen) atoms. The van der Waals surface area contributed by atoms with Gasteiger partial charge in [0.15, 0.2) is 15.6 Å². The van der Waals surface area contributed by atoms with Crippen LogP contribution in [-0.4, -0.2) is 43.3 Å². The van der Waals surface area contributed by atoms with Crippen molar-refractivity contribution in [2.45, 2.75) is 18.9 Å². The van der Waals surface area contributed by atoms with Gasteiger partial charge in [-0.05, 0) is 36.2 Å². The lowest BCUT2D eigenvalue weighted by Gasteiger charge is -2.10. The molecule has 0 bridgehead atoms. The molecule has 1 N–H and O–H groups in total. The van der Waals surface area contributed by atoms with Gasteiger partial charge in [0.1, 0.15) is 11.5 Å². The Hall–Kier alpha value is -2.12. The summed E-state index contributed by atoms with van der Waals surface area (Å²) in [5.41, 5.74) is 1.97. The maximum absolute atomic E-state index is 13.0. The minimum Gasteiger partial charge on any atom is -0.306 e. The molecule has 1 saturated heterocycles. The van der Waals surface area contributed by atoms with Crippen LogP contribution in [-0.2, 0) is 16.3 Å². The first-order valence-electron chi connectivity index (χ1n) is 8.09. The van der Waals surface area contributed by atoms with Crippen molar-refractivity contribution in [3.8, 4) is 0 Å². The number of aromatic nitrogens is 1. The number of hydrogen-bond donors (Lipinski definition) is 1. The molecule has 7 heteroatoms. The van der Waals surface area contributed by atoms with Gasteiger partial charge in [-0.1, -0.05) is 18.2 Å². The predicted molar refractivity (Wildman–Crippen MR) is 92.8 cm³/mol. The molecule has 1 aliphatic rings. The smallest absolute Gasteiger partial charge is 0.194 e. The van der Waals surface area contributed by atoms with Crippen molar-refractivity contribution in [3.05, 3.63) is 65.2 Å². The number of rotatable bonds is 6. The minimum absolute atomic E-state index is 0.0627. The standard InChI is InChI=1S/C18H19FN2O3S/c19-14-6-4-13(5-7-14)10-15-2-1-3-17(21-15)18(22)11-20-16-8-9-25(23,24)12-16/h1-7,16,20H,8-12H2. The van der Waals surface area contributed by atoms with E-state index in [1.54, 1.807) is 24.3 Å². The van der Waals surface area contributed by atoms with Gasteiger partial charge in [0.25, 0.3) is 0 Å². The monoisotopic (exact) mass is 362 g/mol. The van der Waals surface area contributed by atoms with Crippen LogP contribution in [0.25, 0.3) is 0 Å². The molecule has 132 valence electrons. The van der Waals surface area contributed by atoms with Gasteiger partial charge in [-0.2, -0.15) is 0 Å². The van der Waals surface area contributed by atoms with Crippen LogP contribution in [0.2, 0.25) is 0 Å². The highest BCUT2D eigenvalue weighted by molar-refractivity contribution is 7.91. The first kappa shape index (κ1) is 17.7. The Morgan fingerprint density at radius 1 is 1.20 bits per heavy atom. The highest BCUT2D eigenvalue weighted by Gasteiger charge is 2.27. The Bertz CT molecular complexity index is 866. The number of ketones is 1. The summed E-state index contributed by atoms with van der Waals surface area (Å²) in [5, 5.41) is 3.00. The maximum atomic E-state index is 13.0. The average molecular weight is 362 g/mol. The van der Waals surface area contributed by atoms with Gasteiger partial charge in [-0.25, -0.2) is 17.8 Å². The third-order valence-electron chi connectivity index (χ3n) is 4.17. The number of benzene rings is 1. The van der Waals surface area contributed by atoms with E-state index in [-0.39, 0.29) is 35.7 Å². The van der Waals surface area contributed by atoms with Gasteiger partial charge in [0.05, 0.1) is 18.1 Å². The van der Waals surface area contributed by atoms with Crippen molar-refractivity contribution >= 4 is 15.6 Å². The molecule has 0 amide bonds. The molecule has 1 aromatic carbocycles. The number of nitrogens with one attached hydrogen (secondary N) is 1. The summed E-state index contributed by atoms with van der Waals surface area (Å²) < 4.78 is 35.8. The molecule has 0 aliphatic carbocycles. The zero-order valence-corrected chi connectivity index (χ0v) is 14.4. The molecule has 0 saturated carbocycles. The number of hydrogen-bond acceptors (Lipinski definition) is 5. The van der Waals surface area contributed by atoms with Crippen LogP contribution in [0.15, 0.2) is 42.5 Å². The molecule has 0 radical (unpaired) electrons. The number of carbonyl (C=O) groups excluding carboxylic acids is 1. The molecule has 1 aromatic heterocycles. The van der Waals surface area contributed by atoms with E-state index in [4.69, 9.17) is 0 Å². The van der Waals surface area contributed by atoms with Gasteiger partial charge in [0, 0.05) is 18.2 Å². The van der Waals surface area contributed by atoms with E-state index in [0.717, 1.165) is 11.3 Å². The second kappa shape index (κ2) is 7.41. The van der Waals surface area contributed by atoms with Gasteiger partial charge in [-0.15, -0.1) is 0 Å². The molecule has 3 rings (SSSR count). The topological polar surface area (TPSA) is 76.1 Å². The molecule has 1 unspecified atom stereocenters. The Kier molecular flexibility index (Phi) is 5.24. The summed E-state index contributed by atoms with van der Waals surface area (Å²) in [7, 11) is -2.97. The molecule has 2 aromatic rings. The van der Waals surface area contributed by atoms with Crippen molar-refractivity contribution in [3.63, 3.8) is 0 Å². The van der Waals surface area contributed by atoms with E-state index in [0.29, 0.717) is 18.5 Å². The van der Waals surface area contributed by atoms with E-state index in [1.165, 1.54) is 12.1 Å². The third kappa shape index (κ3) is 4.93. The van der Waals surface area contributed by atoms with E-state index in [1.807, 2.05) is 6.07 Å². The zero-order valence-electron chi connectivity index (χ0n) is 13.6. The van der Waals surface area contributed by atoms with Crippen molar-refractivity contribution < 1.29 is 17.6 Å². The molecule has 2 heterocycles. The Morgan fingerprint density at radius 2 is 1.96 bits per heavy atom. The van der Waals surface area contributed by atoms with E-state index in [2.05, 4.69) is 10.3 Å². The van der Waals surface area contributed by atoms with Gasteiger partial charge in [-0.3, -0.25) is 4.79 Å². The van der Waals surface area contributed by atoms with Crippen LogP contribution in [0, 0.1) is 5.82 Å². The molecular formula is C18H19FN2O3S. The second-order valence-electron chi connectivity index (χ2n) is 6.22. The highest BCUT2D eigenvalue weighted by Crippen LogP contribution is 2.12. The Labute approximate surface area is 146 Å². The lowest BCUT2D eigenvalue weighted by atomic mass is 10.1. The minimum atomic E-state index is -2.97. The van der Waals surface area contributed by atoms with Crippen molar-refractivity contribution in [1.29, 1.82) is 0 Å². The fraction of sp³-hybridized carbons (Fsp3) is 0.333. The number of Topliss-reactive ketones (excluding diaryl/α,β-unsaturated/α-hetero) is 1. The largest absolute Gasteiger partial charge is 0.306 e. The zero-order chi connectivity index (χ0) is 17.9. The van der Waals surface area contributed by atoms with Crippen LogP contribution < -0.4 is 5.32 Å². The molecular weight excluding hydrogens is 343 g/mol. The quantitative estimate of drug-likeness (QED) is 0.793. The summed E-state index contributed by atoms with van der Waals surface area (Å²) in [6.07, 6.45) is 1.04. The highest BCUT2D eigenvalue weighted by atomic mass is 32.2. The third-order valence-corrected chi connectivity index (χ3v) is 5.94. The first-order chi connectivity index (χ1) is 11.9. The van der Waals surface area contributed by atoms with Crippen LogP contribution >= 0.6 is 0 Å². The maximum Gasteiger partial charge on any atom is 0.194 e. The van der Waals surface area contributed by atoms with Crippen LogP contribution in [0.1, 0.15) is 28.2 Å². The summed E-state index contributed by atoms with van der Waals surface area (Å²) in [6, 6.07) is 11.2. The fourth-order valence-corrected chi connectivity index (χ4v) is 4.54. The molecule has 0 spiro atoms. The lowest BCUT2D eigenvalue weighted by molar-refractivity contribution is 0.0983. The molecule has 1 fully saturated rings. The summed E-state index contributed by atoms with van der Waals surface area (Å²) in [5.74, 6) is -0.214.